The second-order valence-corrected chi connectivity index (χ2v) is 8.07. The van der Waals surface area contributed by atoms with E-state index in [-0.39, 0.29) is 11.8 Å². The number of carbonyl (C=O) groups excluding carboxylic acids is 2. The summed E-state index contributed by atoms with van der Waals surface area (Å²) in [5.41, 5.74) is 2.59. The molecule has 0 bridgehead atoms. The van der Waals surface area contributed by atoms with Crippen LogP contribution in [-0.4, -0.2) is 42.9 Å². The van der Waals surface area contributed by atoms with Gasteiger partial charge >= 0.3 is 0 Å². The van der Waals surface area contributed by atoms with Gasteiger partial charge in [-0.25, -0.2) is 0 Å². The van der Waals surface area contributed by atoms with E-state index in [1.54, 1.807) is 0 Å². The van der Waals surface area contributed by atoms with Crippen molar-refractivity contribution < 1.29 is 9.59 Å². The quantitative estimate of drug-likeness (QED) is 0.484. The molecule has 0 saturated carbocycles. The number of rotatable bonds is 8. The average Bonchev–Trinajstić information content (AvgIpc) is 2.80. The maximum Gasteiger partial charge on any atom is 0.246 e. The van der Waals surface area contributed by atoms with Gasteiger partial charge in [-0.3, -0.25) is 9.59 Å². The third-order valence-corrected chi connectivity index (χ3v) is 5.90. The maximum absolute atomic E-state index is 12.4. The van der Waals surface area contributed by atoms with Gasteiger partial charge in [-0.1, -0.05) is 50.1 Å². The van der Waals surface area contributed by atoms with E-state index in [0.717, 1.165) is 62.4 Å². The Morgan fingerprint density at radius 3 is 2.27 bits per heavy atom. The summed E-state index contributed by atoms with van der Waals surface area (Å²) < 4.78 is 0. The predicted octanol–water partition coefficient (Wildman–Crippen LogP) is 4.83. The van der Waals surface area contributed by atoms with Crippen molar-refractivity contribution in [1.29, 1.82) is 0 Å². The monoisotopic (exact) mass is 427 g/mol. The van der Waals surface area contributed by atoms with Crippen LogP contribution < -0.4 is 10.2 Å². The number of carbonyl (C=O) groups is 2. The largest absolute Gasteiger partial charge is 0.368 e. The number of nitrogens with zero attached hydrogens (tertiary/aromatic N) is 2. The summed E-state index contributed by atoms with van der Waals surface area (Å²) in [5, 5.41) is 2.15. The molecule has 1 aliphatic heterocycles. The zero-order chi connectivity index (χ0) is 21.3. The fourth-order valence-electron chi connectivity index (χ4n) is 3.63. The van der Waals surface area contributed by atoms with Gasteiger partial charge in [-0.05, 0) is 36.2 Å². The molecule has 3 rings (SSSR count). The normalized spacial score (nSPS) is 15.0. The van der Waals surface area contributed by atoms with Crippen LogP contribution >= 0.6 is 11.6 Å². The molecule has 0 aromatic heterocycles. The number of amides is 2. The Bertz CT molecular complexity index is 818. The van der Waals surface area contributed by atoms with Gasteiger partial charge < -0.3 is 15.1 Å². The van der Waals surface area contributed by atoms with Gasteiger partial charge in [0, 0.05) is 44.0 Å². The van der Waals surface area contributed by atoms with E-state index in [2.05, 4.69) is 17.1 Å². The minimum atomic E-state index is -0.728. The molecule has 2 amide bonds. The van der Waals surface area contributed by atoms with Crippen molar-refractivity contribution in [2.24, 2.45) is 0 Å². The summed E-state index contributed by atoms with van der Waals surface area (Å²) in [6, 6.07) is 17.1. The fraction of sp³-hybridized carbons (Fsp3) is 0.417. The van der Waals surface area contributed by atoms with E-state index in [0.29, 0.717) is 6.42 Å². The van der Waals surface area contributed by atoms with Crippen LogP contribution in [-0.2, 0) is 9.59 Å². The van der Waals surface area contributed by atoms with E-state index in [1.807, 2.05) is 59.5 Å². The summed E-state index contributed by atoms with van der Waals surface area (Å²) in [5.74, 6) is 0.0287. The molecule has 5 nitrogen and oxygen atoms in total. The van der Waals surface area contributed by atoms with Crippen molar-refractivity contribution in [3.05, 3.63) is 60.2 Å². The molecule has 1 atom stereocenters. The van der Waals surface area contributed by atoms with Crippen molar-refractivity contribution in [1.82, 2.24) is 4.90 Å². The molecule has 6 heteroatoms. The van der Waals surface area contributed by atoms with Crippen molar-refractivity contribution >= 4 is 34.8 Å². The van der Waals surface area contributed by atoms with Crippen LogP contribution in [0.3, 0.4) is 0 Å². The molecule has 0 aliphatic carbocycles. The van der Waals surface area contributed by atoms with Gasteiger partial charge in [0.1, 0.15) is 5.38 Å². The molecule has 30 heavy (non-hydrogen) atoms. The summed E-state index contributed by atoms with van der Waals surface area (Å²) in [6.45, 7) is 5.31. The molecule has 160 valence electrons. The first kappa shape index (κ1) is 22.2. The molecule has 1 N–H and O–H groups in total. The molecule has 2 aromatic carbocycles. The van der Waals surface area contributed by atoms with Gasteiger partial charge in [0.25, 0.3) is 0 Å². The number of halogens is 1. The average molecular weight is 428 g/mol. The first-order chi connectivity index (χ1) is 14.6. The molecular formula is C24H30ClN3O2. The SMILES string of the molecule is CCCCCC(=O)N1CCN(c2ccc(NC(=O)C(Cl)c3ccccc3)cc2)CC1. The molecule has 0 spiro atoms. The first-order valence-corrected chi connectivity index (χ1v) is 11.1. The Hall–Kier alpha value is -2.53. The van der Waals surface area contributed by atoms with Crippen LogP contribution in [0.15, 0.2) is 54.6 Å². The van der Waals surface area contributed by atoms with Gasteiger partial charge in [0.15, 0.2) is 0 Å². The van der Waals surface area contributed by atoms with Gasteiger partial charge in [-0.15, -0.1) is 11.6 Å². The highest BCUT2D eigenvalue weighted by atomic mass is 35.5. The summed E-state index contributed by atoms with van der Waals surface area (Å²) in [4.78, 5) is 28.9. The van der Waals surface area contributed by atoms with Gasteiger partial charge in [-0.2, -0.15) is 0 Å². The Balaban J connectivity index is 1.49. The Labute approximate surface area is 184 Å². The van der Waals surface area contributed by atoms with Crippen molar-refractivity contribution in [3.8, 4) is 0 Å². The minimum absolute atomic E-state index is 0.245. The second-order valence-electron chi connectivity index (χ2n) is 7.63. The molecule has 0 radical (unpaired) electrons. The lowest BCUT2D eigenvalue weighted by Crippen LogP contribution is -2.48. The van der Waals surface area contributed by atoms with Crippen molar-refractivity contribution in [2.75, 3.05) is 36.4 Å². The van der Waals surface area contributed by atoms with Crippen molar-refractivity contribution in [2.45, 2.75) is 38.0 Å². The Morgan fingerprint density at radius 1 is 0.967 bits per heavy atom. The Kier molecular flexibility index (Phi) is 8.14. The van der Waals surface area contributed by atoms with Crippen LogP contribution in [0.4, 0.5) is 11.4 Å². The molecule has 1 unspecified atom stereocenters. The van der Waals surface area contributed by atoms with Crippen LogP contribution in [0.5, 0.6) is 0 Å². The first-order valence-electron chi connectivity index (χ1n) is 10.7. The Morgan fingerprint density at radius 2 is 1.63 bits per heavy atom. The topological polar surface area (TPSA) is 52.7 Å². The number of alkyl halides is 1. The molecule has 1 heterocycles. The molecule has 1 fully saturated rings. The summed E-state index contributed by atoms with van der Waals surface area (Å²) in [6.07, 6.45) is 3.89. The zero-order valence-electron chi connectivity index (χ0n) is 17.5. The minimum Gasteiger partial charge on any atom is -0.368 e. The van der Waals surface area contributed by atoms with Crippen LogP contribution in [0, 0.1) is 0 Å². The number of nitrogens with one attached hydrogen (secondary N) is 1. The molecular weight excluding hydrogens is 398 g/mol. The highest BCUT2D eigenvalue weighted by Crippen LogP contribution is 2.24. The predicted molar refractivity (Wildman–Crippen MR) is 123 cm³/mol. The third kappa shape index (κ3) is 5.99. The number of hydrogen-bond donors (Lipinski definition) is 1. The molecule has 2 aromatic rings. The zero-order valence-corrected chi connectivity index (χ0v) is 18.3. The number of piperazine rings is 1. The van der Waals surface area contributed by atoms with E-state index in [4.69, 9.17) is 11.6 Å². The highest BCUT2D eigenvalue weighted by Gasteiger charge is 2.21. The second kappa shape index (κ2) is 11.0. The standard InChI is InChI=1S/C24H30ClN3O2/c1-2-3-5-10-22(29)28-17-15-27(16-18-28)21-13-11-20(12-14-21)26-24(30)23(25)19-8-6-4-7-9-19/h4,6-9,11-14,23H,2-3,5,10,15-18H2,1H3,(H,26,30). The number of benzene rings is 2. The van der Waals surface area contributed by atoms with Crippen molar-refractivity contribution in [3.63, 3.8) is 0 Å². The van der Waals surface area contributed by atoms with E-state index in [1.165, 1.54) is 0 Å². The van der Waals surface area contributed by atoms with Gasteiger partial charge in [0.05, 0.1) is 0 Å². The van der Waals surface area contributed by atoms with Crippen LogP contribution in [0.2, 0.25) is 0 Å². The number of anilines is 2. The maximum atomic E-state index is 12.4. The van der Waals surface area contributed by atoms with Crippen LogP contribution in [0.1, 0.15) is 43.5 Å². The lowest BCUT2D eigenvalue weighted by molar-refractivity contribution is -0.131. The molecule has 1 aliphatic rings. The fourth-order valence-corrected chi connectivity index (χ4v) is 3.83. The number of hydrogen-bond acceptors (Lipinski definition) is 3. The van der Waals surface area contributed by atoms with E-state index < -0.39 is 5.38 Å². The van der Waals surface area contributed by atoms with E-state index in [9.17, 15) is 9.59 Å². The van der Waals surface area contributed by atoms with Crippen LogP contribution in [0.25, 0.3) is 0 Å². The number of unbranched alkanes of at least 4 members (excludes halogenated alkanes) is 2. The smallest absolute Gasteiger partial charge is 0.246 e. The lowest BCUT2D eigenvalue weighted by atomic mass is 10.1. The third-order valence-electron chi connectivity index (χ3n) is 5.45. The van der Waals surface area contributed by atoms with Gasteiger partial charge in [0.2, 0.25) is 11.8 Å². The molecule has 1 saturated heterocycles. The summed E-state index contributed by atoms with van der Waals surface area (Å²) >= 11 is 6.29. The summed E-state index contributed by atoms with van der Waals surface area (Å²) in [7, 11) is 0. The van der Waals surface area contributed by atoms with E-state index >= 15 is 0 Å². The lowest BCUT2D eigenvalue weighted by Gasteiger charge is -2.36. The highest BCUT2D eigenvalue weighted by molar-refractivity contribution is 6.32.